The van der Waals surface area contributed by atoms with E-state index in [2.05, 4.69) is 0 Å². The minimum atomic E-state index is -2.35. The van der Waals surface area contributed by atoms with Crippen molar-refractivity contribution in [2.24, 2.45) is 17.8 Å². The molecule has 1 rings (SSSR count). The Kier molecular flexibility index (Phi) is 11.5. The number of rotatable bonds is 8. The summed E-state index contributed by atoms with van der Waals surface area (Å²) in [5, 5.41) is 7.90. The van der Waals surface area contributed by atoms with Gasteiger partial charge in [-0.25, -0.2) is 4.79 Å². The molecule has 0 aromatic rings. The standard InChI is InChI=1S/C21H30Cl3NO10/c1-8(2)15(26)31-11-12(32-16(27)9(3)4)14(33-17(28)10(5)6)19(34-13(11)18(29)30-7)35-20(25)21(22,23)24/h8-14,19,25H,1-7H3/t11-,12?,13?,14?,19+/m1/s1. The van der Waals surface area contributed by atoms with Crippen molar-refractivity contribution in [1.82, 2.24) is 0 Å². The molecule has 1 heterocycles. The lowest BCUT2D eigenvalue weighted by molar-refractivity contribution is -0.288. The molecule has 5 atom stereocenters. The number of hydrogen-bond acceptors (Lipinski definition) is 11. The molecule has 1 aliphatic heterocycles. The van der Waals surface area contributed by atoms with Crippen molar-refractivity contribution < 1.29 is 47.6 Å². The van der Waals surface area contributed by atoms with Crippen LogP contribution in [0.3, 0.4) is 0 Å². The fourth-order valence-corrected chi connectivity index (χ4v) is 2.73. The van der Waals surface area contributed by atoms with Gasteiger partial charge in [0.1, 0.15) is 0 Å². The van der Waals surface area contributed by atoms with Crippen LogP contribution in [0.2, 0.25) is 0 Å². The lowest BCUT2D eigenvalue weighted by Gasteiger charge is -2.44. The van der Waals surface area contributed by atoms with Crippen molar-refractivity contribution in [2.75, 3.05) is 7.11 Å². The van der Waals surface area contributed by atoms with Crippen LogP contribution in [0.25, 0.3) is 0 Å². The quantitative estimate of drug-likeness (QED) is 0.154. The molecule has 1 fully saturated rings. The van der Waals surface area contributed by atoms with Gasteiger partial charge in [0.2, 0.25) is 18.3 Å². The van der Waals surface area contributed by atoms with Gasteiger partial charge < -0.3 is 28.4 Å². The van der Waals surface area contributed by atoms with Crippen LogP contribution < -0.4 is 0 Å². The number of esters is 4. The average Bonchev–Trinajstić information content (AvgIpc) is 2.75. The van der Waals surface area contributed by atoms with E-state index < -0.39 is 82.0 Å². The van der Waals surface area contributed by atoms with Crippen molar-refractivity contribution >= 4 is 64.6 Å². The molecule has 200 valence electrons. The molecule has 0 spiro atoms. The number of ether oxygens (including phenoxy) is 6. The van der Waals surface area contributed by atoms with Gasteiger partial charge in [0.05, 0.1) is 24.9 Å². The van der Waals surface area contributed by atoms with Gasteiger partial charge in [-0.3, -0.25) is 19.8 Å². The largest absolute Gasteiger partial charge is 0.467 e. The number of alkyl halides is 3. The summed E-state index contributed by atoms with van der Waals surface area (Å²) in [5.74, 6) is -6.22. The maximum absolute atomic E-state index is 12.6. The molecule has 1 N–H and O–H groups in total. The van der Waals surface area contributed by atoms with E-state index in [9.17, 15) is 19.2 Å². The number of halogens is 3. The first-order chi connectivity index (χ1) is 16.0. The molecule has 0 amide bonds. The van der Waals surface area contributed by atoms with E-state index in [4.69, 9.17) is 68.6 Å². The third kappa shape index (κ3) is 8.66. The number of carbonyl (C=O) groups excluding carboxylic acids is 4. The highest BCUT2D eigenvalue weighted by molar-refractivity contribution is 6.76. The van der Waals surface area contributed by atoms with Gasteiger partial charge in [0, 0.05) is 0 Å². The summed E-state index contributed by atoms with van der Waals surface area (Å²) in [6.07, 6.45) is -8.35. The molecular weight excluding hydrogens is 533 g/mol. The molecule has 0 aliphatic carbocycles. The fourth-order valence-electron chi connectivity index (χ4n) is 2.59. The summed E-state index contributed by atoms with van der Waals surface area (Å²) < 4.78 is 29.8. The number of hydrogen-bond donors (Lipinski definition) is 1. The second kappa shape index (κ2) is 12.9. The van der Waals surface area contributed by atoms with Crippen molar-refractivity contribution in [1.29, 1.82) is 5.41 Å². The van der Waals surface area contributed by atoms with E-state index in [1.807, 2.05) is 0 Å². The molecule has 35 heavy (non-hydrogen) atoms. The van der Waals surface area contributed by atoms with Crippen LogP contribution in [0, 0.1) is 23.2 Å². The summed E-state index contributed by atoms with van der Waals surface area (Å²) >= 11 is 17.1. The maximum atomic E-state index is 12.6. The van der Waals surface area contributed by atoms with E-state index in [1.54, 1.807) is 13.8 Å². The van der Waals surface area contributed by atoms with Crippen LogP contribution in [-0.4, -0.2) is 71.4 Å². The topological polar surface area (TPSA) is 148 Å². The highest BCUT2D eigenvalue weighted by atomic mass is 35.6. The predicted octanol–water partition coefficient (Wildman–Crippen LogP) is 2.95. The molecule has 1 aliphatic rings. The zero-order chi connectivity index (χ0) is 27.2. The zero-order valence-electron chi connectivity index (χ0n) is 20.3. The van der Waals surface area contributed by atoms with E-state index in [-0.39, 0.29) is 0 Å². The van der Waals surface area contributed by atoms with Gasteiger partial charge in [0.25, 0.3) is 3.79 Å². The fraction of sp³-hybridized carbons (Fsp3) is 0.762. The Morgan fingerprint density at radius 2 is 1.14 bits per heavy atom. The van der Waals surface area contributed by atoms with Crippen molar-refractivity contribution in [3.63, 3.8) is 0 Å². The third-order valence-corrected chi connectivity index (χ3v) is 5.11. The summed E-state index contributed by atoms with van der Waals surface area (Å²) in [6.45, 7) is 9.23. The van der Waals surface area contributed by atoms with Crippen molar-refractivity contribution in [3.05, 3.63) is 0 Å². The van der Waals surface area contributed by atoms with Crippen LogP contribution in [-0.2, 0) is 47.6 Å². The van der Waals surface area contributed by atoms with Crippen LogP contribution in [0.15, 0.2) is 0 Å². The Morgan fingerprint density at radius 1 is 0.743 bits per heavy atom. The monoisotopic (exact) mass is 561 g/mol. The number of nitrogens with one attached hydrogen (secondary N) is 1. The first-order valence-electron chi connectivity index (χ1n) is 10.7. The molecule has 0 saturated carbocycles. The maximum Gasteiger partial charge on any atom is 0.339 e. The minimum Gasteiger partial charge on any atom is -0.467 e. The molecule has 11 nitrogen and oxygen atoms in total. The van der Waals surface area contributed by atoms with Gasteiger partial charge in [-0.1, -0.05) is 76.3 Å². The summed E-state index contributed by atoms with van der Waals surface area (Å²) in [7, 11) is 1.05. The van der Waals surface area contributed by atoms with Gasteiger partial charge >= 0.3 is 23.9 Å². The molecule has 0 aromatic heterocycles. The molecule has 14 heteroatoms. The van der Waals surface area contributed by atoms with E-state index >= 15 is 0 Å². The molecule has 0 bridgehead atoms. The summed E-state index contributed by atoms with van der Waals surface area (Å²) in [6, 6.07) is 0. The smallest absolute Gasteiger partial charge is 0.339 e. The van der Waals surface area contributed by atoms with Crippen LogP contribution in [0.4, 0.5) is 0 Å². The Hall–Kier alpha value is -1.82. The normalized spacial score (nSPS) is 24.7. The lowest BCUT2D eigenvalue weighted by Crippen LogP contribution is -2.64. The molecule has 1 saturated heterocycles. The van der Waals surface area contributed by atoms with Gasteiger partial charge in [-0.05, 0) is 0 Å². The number of methoxy groups -OCH3 is 1. The van der Waals surface area contributed by atoms with Crippen LogP contribution in [0.5, 0.6) is 0 Å². The predicted molar refractivity (Wildman–Crippen MR) is 124 cm³/mol. The first-order valence-corrected chi connectivity index (χ1v) is 11.8. The average molecular weight is 563 g/mol. The minimum absolute atomic E-state index is 0.641. The lowest BCUT2D eigenvalue weighted by atomic mass is 9.97. The summed E-state index contributed by atoms with van der Waals surface area (Å²) in [4.78, 5) is 50.1. The second-order valence-electron chi connectivity index (χ2n) is 8.56. The SMILES string of the molecule is COC(=O)C1O[C@@H](OC(=N)C(Cl)(Cl)Cl)C(OC(=O)C(C)C)C(OC(=O)C(C)C)[C@H]1OC(=O)C(C)C. The molecule has 3 unspecified atom stereocenters. The highest BCUT2D eigenvalue weighted by Gasteiger charge is 2.57. The Labute approximate surface area is 218 Å². The third-order valence-electron chi connectivity index (χ3n) is 4.59. The van der Waals surface area contributed by atoms with Crippen molar-refractivity contribution in [3.8, 4) is 0 Å². The first kappa shape index (κ1) is 31.2. The Bertz CT molecular complexity index is 812. The van der Waals surface area contributed by atoms with Crippen LogP contribution >= 0.6 is 34.8 Å². The van der Waals surface area contributed by atoms with E-state index in [0.29, 0.717) is 0 Å². The van der Waals surface area contributed by atoms with E-state index in [0.717, 1.165) is 7.11 Å². The van der Waals surface area contributed by atoms with Crippen LogP contribution in [0.1, 0.15) is 41.5 Å². The number of carbonyl (C=O) groups is 4. The Balaban J connectivity index is 3.65. The van der Waals surface area contributed by atoms with Gasteiger partial charge in [0.15, 0.2) is 18.3 Å². The Morgan fingerprint density at radius 3 is 1.51 bits per heavy atom. The zero-order valence-corrected chi connectivity index (χ0v) is 22.6. The summed E-state index contributed by atoms with van der Waals surface area (Å²) in [5.41, 5.74) is 0. The van der Waals surface area contributed by atoms with Gasteiger partial charge in [-0.15, -0.1) is 0 Å². The molecular formula is C21H30Cl3NO10. The van der Waals surface area contributed by atoms with E-state index in [1.165, 1.54) is 27.7 Å². The second-order valence-corrected chi connectivity index (χ2v) is 10.8. The van der Waals surface area contributed by atoms with Gasteiger partial charge in [-0.2, -0.15) is 0 Å². The highest BCUT2D eigenvalue weighted by Crippen LogP contribution is 2.34. The molecule has 0 aromatic carbocycles. The molecule has 0 radical (unpaired) electrons. The van der Waals surface area contributed by atoms with Crippen molar-refractivity contribution in [2.45, 2.75) is 76.0 Å².